The number of hydrogen-bond acceptors (Lipinski definition) is 4. The molecule has 0 amide bonds. The minimum atomic E-state index is 0.570. The van der Waals surface area contributed by atoms with Gasteiger partial charge in [-0.25, -0.2) is 0 Å². The minimum absolute atomic E-state index is 0.570. The number of nitrogens with zero attached hydrogens (tertiary/aromatic N) is 2. The average molecular weight is 339 g/mol. The summed E-state index contributed by atoms with van der Waals surface area (Å²) in [4.78, 5) is 5.21. The summed E-state index contributed by atoms with van der Waals surface area (Å²) in [6.45, 7) is 9.35. The lowest BCUT2D eigenvalue weighted by Crippen LogP contribution is -2.54. The number of benzene rings is 1. The van der Waals surface area contributed by atoms with E-state index in [2.05, 4.69) is 22.8 Å². The Hall–Kier alpha value is -0.970. The van der Waals surface area contributed by atoms with Crippen molar-refractivity contribution in [1.82, 2.24) is 9.80 Å². The van der Waals surface area contributed by atoms with Crippen LogP contribution >= 0.6 is 11.6 Å². The van der Waals surface area contributed by atoms with Crippen LogP contribution < -0.4 is 9.47 Å². The molecule has 0 unspecified atom stereocenters. The summed E-state index contributed by atoms with van der Waals surface area (Å²) in [6, 6.07) is 5.37. The van der Waals surface area contributed by atoms with Crippen molar-refractivity contribution < 1.29 is 9.47 Å². The van der Waals surface area contributed by atoms with E-state index in [4.69, 9.17) is 21.1 Å². The lowest BCUT2D eigenvalue weighted by atomic mass is 10.1. The molecule has 0 radical (unpaired) electrons. The Kier molecular flexibility index (Phi) is 5.34. The number of rotatable bonds is 5. The molecular formula is C18H27ClN2O2. The van der Waals surface area contributed by atoms with E-state index in [0.717, 1.165) is 24.9 Å². The van der Waals surface area contributed by atoms with E-state index in [0.29, 0.717) is 23.4 Å². The zero-order valence-corrected chi connectivity index (χ0v) is 15.1. The lowest BCUT2D eigenvalue weighted by molar-refractivity contribution is 0.0540. The molecule has 2 aliphatic heterocycles. The molecule has 2 fully saturated rings. The molecule has 5 heteroatoms. The summed E-state index contributed by atoms with van der Waals surface area (Å²) in [7, 11) is 1.66. The Labute approximate surface area is 144 Å². The molecule has 0 N–H and O–H groups in total. The highest BCUT2D eigenvalue weighted by atomic mass is 35.5. The highest BCUT2D eigenvalue weighted by molar-refractivity contribution is 6.32. The van der Waals surface area contributed by atoms with Crippen LogP contribution in [0.3, 0.4) is 0 Å². The third-order valence-corrected chi connectivity index (χ3v) is 5.31. The van der Waals surface area contributed by atoms with E-state index >= 15 is 0 Å². The van der Waals surface area contributed by atoms with Crippen LogP contribution in [0.4, 0.5) is 0 Å². The molecule has 128 valence electrons. The van der Waals surface area contributed by atoms with Crippen molar-refractivity contribution in [2.24, 2.45) is 0 Å². The van der Waals surface area contributed by atoms with E-state index in [1.807, 2.05) is 13.0 Å². The van der Waals surface area contributed by atoms with Gasteiger partial charge in [-0.05, 0) is 50.9 Å². The summed E-state index contributed by atoms with van der Waals surface area (Å²) in [6.07, 6.45) is 2.67. The van der Waals surface area contributed by atoms with Crippen molar-refractivity contribution >= 4 is 11.6 Å². The van der Waals surface area contributed by atoms with Crippen LogP contribution in [-0.4, -0.2) is 55.2 Å². The predicted octanol–water partition coefficient (Wildman–Crippen LogP) is 3.42. The molecule has 0 bridgehead atoms. The van der Waals surface area contributed by atoms with E-state index < -0.39 is 0 Å². The largest absolute Gasteiger partial charge is 0.493 e. The topological polar surface area (TPSA) is 24.9 Å². The van der Waals surface area contributed by atoms with Crippen LogP contribution in [0, 0.1) is 0 Å². The van der Waals surface area contributed by atoms with Crippen LogP contribution in [0.25, 0.3) is 0 Å². The first kappa shape index (κ1) is 16.9. The SMILES string of the molecule is CCOc1c(Cl)cc(CN2C[C@@H]3CCCN3C[C@H]2C)cc1OC. The van der Waals surface area contributed by atoms with Gasteiger partial charge in [0.15, 0.2) is 11.5 Å². The summed E-state index contributed by atoms with van der Waals surface area (Å²) in [5.41, 5.74) is 1.19. The first-order valence-electron chi connectivity index (χ1n) is 8.59. The zero-order valence-electron chi connectivity index (χ0n) is 14.3. The first-order chi connectivity index (χ1) is 11.1. The minimum Gasteiger partial charge on any atom is -0.493 e. The number of ether oxygens (including phenoxy) is 2. The third kappa shape index (κ3) is 3.59. The van der Waals surface area contributed by atoms with Gasteiger partial charge in [-0.3, -0.25) is 9.80 Å². The summed E-state index contributed by atoms with van der Waals surface area (Å²) in [5.74, 6) is 1.37. The second-order valence-electron chi connectivity index (χ2n) is 6.61. The Morgan fingerprint density at radius 1 is 1.30 bits per heavy atom. The molecular weight excluding hydrogens is 312 g/mol. The fraction of sp³-hybridized carbons (Fsp3) is 0.667. The molecule has 1 aromatic carbocycles. The van der Waals surface area contributed by atoms with Gasteiger partial charge in [-0.15, -0.1) is 0 Å². The first-order valence-corrected chi connectivity index (χ1v) is 8.97. The molecule has 2 saturated heterocycles. The summed E-state index contributed by atoms with van der Waals surface area (Å²) >= 11 is 6.40. The van der Waals surface area contributed by atoms with Crippen molar-refractivity contribution in [3.05, 3.63) is 22.7 Å². The molecule has 2 heterocycles. The number of piperazine rings is 1. The molecule has 0 aliphatic carbocycles. The number of fused-ring (bicyclic) bond motifs is 1. The standard InChI is InChI=1S/C18H27ClN2O2/c1-4-23-18-16(19)8-14(9-17(18)22-3)11-21-12-15-6-5-7-20(15)10-13(21)2/h8-9,13,15H,4-7,10-12H2,1-3H3/t13-,15+/m1/s1. The molecule has 0 saturated carbocycles. The fourth-order valence-electron chi connectivity index (χ4n) is 3.85. The average Bonchev–Trinajstić information content (AvgIpc) is 2.97. The third-order valence-electron chi connectivity index (χ3n) is 5.03. The van der Waals surface area contributed by atoms with Gasteiger partial charge in [-0.2, -0.15) is 0 Å². The van der Waals surface area contributed by atoms with Crippen molar-refractivity contribution in [2.45, 2.75) is 45.3 Å². The normalized spacial score (nSPS) is 25.4. The molecule has 0 aromatic heterocycles. The monoisotopic (exact) mass is 338 g/mol. The molecule has 2 atom stereocenters. The Morgan fingerprint density at radius 3 is 2.87 bits per heavy atom. The molecule has 23 heavy (non-hydrogen) atoms. The lowest BCUT2D eigenvalue weighted by Gasteiger charge is -2.42. The Morgan fingerprint density at radius 2 is 2.13 bits per heavy atom. The van der Waals surface area contributed by atoms with Gasteiger partial charge >= 0.3 is 0 Å². The van der Waals surface area contributed by atoms with Gasteiger partial charge in [0, 0.05) is 31.7 Å². The van der Waals surface area contributed by atoms with Gasteiger partial charge < -0.3 is 9.47 Å². The molecule has 4 nitrogen and oxygen atoms in total. The highest BCUT2D eigenvalue weighted by Gasteiger charge is 2.34. The number of hydrogen-bond donors (Lipinski definition) is 0. The smallest absolute Gasteiger partial charge is 0.179 e. The molecule has 1 aromatic rings. The van der Waals surface area contributed by atoms with Crippen LogP contribution in [0.2, 0.25) is 5.02 Å². The zero-order chi connectivity index (χ0) is 16.4. The number of methoxy groups -OCH3 is 1. The van der Waals surface area contributed by atoms with Gasteiger partial charge in [0.25, 0.3) is 0 Å². The maximum Gasteiger partial charge on any atom is 0.179 e. The van der Waals surface area contributed by atoms with E-state index in [1.54, 1.807) is 7.11 Å². The van der Waals surface area contributed by atoms with Crippen LogP contribution in [0.5, 0.6) is 11.5 Å². The van der Waals surface area contributed by atoms with Crippen molar-refractivity contribution in [1.29, 1.82) is 0 Å². The molecule has 3 rings (SSSR count). The Balaban J connectivity index is 1.75. The van der Waals surface area contributed by atoms with Crippen molar-refractivity contribution in [3.63, 3.8) is 0 Å². The van der Waals surface area contributed by atoms with E-state index in [9.17, 15) is 0 Å². The van der Waals surface area contributed by atoms with E-state index in [1.165, 1.54) is 31.5 Å². The maximum absolute atomic E-state index is 6.40. The second-order valence-corrected chi connectivity index (χ2v) is 7.02. The van der Waals surface area contributed by atoms with E-state index in [-0.39, 0.29) is 0 Å². The summed E-state index contributed by atoms with van der Waals surface area (Å²) < 4.78 is 11.1. The molecule has 0 spiro atoms. The van der Waals surface area contributed by atoms with Crippen molar-refractivity contribution in [3.8, 4) is 11.5 Å². The van der Waals surface area contributed by atoms with Gasteiger partial charge in [0.1, 0.15) is 0 Å². The second kappa shape index (κ2) is 7.29. The van der Waals surface area contributed by atoms with Gasteiger partial charge in [0.05, 0.1) is 18.7 Å². The summed E-state index contributed by atoms with van der Waals surface area (Å²) in [5, 5.41) is 0.633. The highest BCUT2D eigenvalue weighted by Crippen LogP contribution is 2.37. The van der Waals surface area contributed by atoms with Crippen LogP contribution in [0.1, 0.15) is 32.3 Å². The predicted molar refractivity (Wildman–Crippen MR) is 93.6 cm³/mol. The van der Waals surface area contributed by atoms with Crippen molar-refractivity contribution in [2.75, 3.05) is 33.4 Å². The quantitative estimate of drug-likeness (QED) is 0.821. The van der Waals surface area contributed by atoms with Gasteiger partial charge in [-0.1, -0.05) is 11.6 Å². The van der Waals surface area contributed by atoms with Crippen LogP contribution in [0.15, 0.2) is 12.1 Å². The molecule has 2 aliphatic rings. The maximum atomic E-state index is 6.40. The number of halogens is 1. The van der Waals surface area contributed by atoms with Crippen LogP contribution in [-0.2, 0) is 6.54 Å². The fourth-order valence-corrected chi connectivity index (χ4v) is 4.14. The van der Waals surface area contributed by atoms with Gasteiger partial charge in [0.2, 0.25) is 0 Å². The Bertz CT molecular complexity index is 552.